The van der Waals surface area contributed by atoms with Crippen molar-refractivity contribution in [3.63, 3.8) is 0 Å². The molecule has 2 atom stereocenters. The van der Waals surface area contributed by atoms with E-state index in [1.807, 2.05) is 6.92 Å². The molecular formula is C29H35FN6O6S. The maximum absolute atomic E-state index is 14.7. The van der Waals surface area contributed by atoms with E-state index in [0.717, 1.165) is 17.4 Å². The average molecular weight is 615 g/mol. The largest absolute Gasteiger partial charge is 0.493 e. The van der Waals surface area contributed by atoms with Gasteiger partial charge in [0.25, 0.3) is 5.56 Å². The first-order chi connectivity index (χ1) is 20.8. The molecule has 1 amide bonds. The summed E-state index contributed by atoms with van der Waals surface area (Å²) in [5.74, 6) is -0.359. The van der Waals surface area contributed by atoms with Gasteiger partial charge in [-0.1, -0.05) is 24.7 Å². The van der Waals surface area contributed by atoms with Crippen LogP contribution in [0, 0.1) is 12.7 Å². The summed E-state index contributed by atoms with van der Waals surface area (Å²) in [7, 11) is 3.18. The number of likely N-dealkylation sites (tertiary alicyclic amines) is 1. The molecule has 1 aromatic carbocycles. The number of unbranched alkanes of at least 4 members (excludes halogenated alkanes) is 1. The second-order valence-electron chi connectivity index (χ2n) is 10.4. The van der Waals surface area contributed by atoms with E-state index >= 15 is 0 Å². The normalized spacial score (nSPS) is 16.0. The van der Waals surface area contributed by atoms with Crippen molar-refractivity contribution in [2.24, 2.45) is 0 Å². The number of nitrogens with zero attached hydrogens (tertiary/aromatic N) is 6. The topological polar surface area (TPSA) is 123 Å². The highest BCUT2D eigenvalue weighted by atomic mass is 32.1. The van der Waals surface area contributed by atoms with Crippen molar-refractivity contribution < 1.29 is 23.4 Å². The van der Waals surface area contributed by atoms with E-state index in [2.05, 4.69) is 10.2 Å². The Morgan fingerprint density at radius 1 is 1.14 bits per heavy atom. The number of benzene rings is 1. The zero-order valence-electron chi connectivity index (χ0n) is 24.6. The molecule has 230 valence electrons. The molecule has 4 heterocycles. The minimum atomic E-state index is -0.943. The standard InChI is InChI=1S/C29H35FN6O6S/c1-5-6-13-41-22-8-7-19(30)16-20(22)23(42-15-14-40-4)17-34-28-24(18(2)27(43-28)36-31-10-11-32-36)26(38)35(29(34)39)21-9-12-33(3)25(21)37/h7-8,10-11,16,21,23H,5-6,9,12-15,17H2,1-4H3/t21-,23+/m1/s1. The minimum absolute atomic E-state index is 0.0877. The maximum atomic E-state index is 14.7. The number of rotatable bonds is 13. The number of aryl methyl sites for hydroxylation is 1. The number of carbonyl (C=O) groups excluding carboxylic acids is 1. The Morgan fingerprint density at radius 3 is 2.58 bits per heavy atom. The fourth-order valence-corrected chi connectivity index (χ4v) is 6.47. The van der Waals surface area contributed by atoms with Crippen LogP contribution < -0.4 is 16.0 Å². The number of methoxy groups -OCH3 is 1. The molecule has 1 aliphatic rings. The molecule has 14 heteroatoms. The Bertz CT molecular complexity index is 1720. The van der Waals surface area contributed by atoms with Crippen LogP contribution in [0.25, 0.3) is 15.2 Å². The Balaban J connectivity index is 1.71. The monoisotopic (exact) mass is 614 g/mol. The Hall–Kier alpha value is -3.88. The first-order valence-electron chi connectivity index (χ1n) is 14.2. The Morgan fingerprint density at radius 2 is 1.91 bits per heavy atom. The maximum Gasteiger partial charge on any atom is 0.332 e. The third-order valence-electron chi connectivity index (χ3n) is 7.56. The summed E-state index contributed by atoms with van der Waals surface area (Å²) in [6.07, 6.45) is 4.22. The SMILES string of the molecule is CCCCOc1ccc(F)cc1[C@H](Cn1c(=O)n([C@@H]2CCN(C)C2=O)c(=O)c2c(C)c(-n3nccn3)sc21)OCCOC. The molecule has 1 aliphatic heterocycles. The molecule has 12 nitrogen and oxygen atoms in total. The zero-order chi connectivity index (χ0) is 30.7. The molecule has 0 saturated carbocycles. The second-order valence-corrected chi connectivity index (χ2v) is 11.4. The van der Waals surface area contributed by atoms with E-state index in [1.54, 1.807) is 27.1 Å². The summed E-state index contributed by atoms with van der Waals surface area (Å²) in [4.78, 5) is 44.6. The van der Waals surface area contributed by atoms with Crippen LogP contribution in [0.2, 0.25) is 0 Å². The Kier molecular flexibility index (Phi) is 9.37. The van der Waals surface area contributed by atoms with Crippen LogP contribution >= 0.6 is 11.3 Å². The highest BCUT2D eigenvalue weighted by Gasteiger charge is 2.35. The summed E-state index contributed by atoms with van der Waals surface area (Å²) in [5, 5.41) is 9.29. The van der Waals surface area contributed by atoms with Crippen LogP contribution in [-0.4, -0.2) is 75.5 Å². The second kappa shape index (κ2) is 13.2. The van der Waals surface area contributed by atoms with E-state index in [1.165, 1.54) is 50.1 Å². The molecule has 0 N–H and O–H groups in total. The van der Waals surface area contributed by atoms with Gasteiger partial charge in [-0.3, -0.25) is 14.2 Å². The third kappa shape index (κ3) is 5.99. The fraction of sp³-hybridized carbons (Fsp3) is 0.483. The molecule has 4 aromatic rings. The highest BCUT2D eigenvalue weighted by Crippen LogP contribution is 2.34. The van der Waals surface area contributed by atoms with Gasteiger partial charge in [-0.05, 0) is 38.0 Å². The number of carbonyl (C=O) groups is 1. The number of hydrogen-bond donors (Lipinski definition) is 0. The van der Waals surface area contributed by atoms with E-state index < -0.39 is 29.2 Å². The van der Waals surface area contributed by atoms with Gasteiger partial charge in [0.15, 0.2) is 0 Å². The van der Waals surface area contributed by atoms with Crippen LogP contribution in [0.1, 0.15) is 49.5 Å². The molecule has 0 radical (unpaired) electrons. The van der Waals surface area contributed by atoms with Gasteiger partial charge in [0, 0.05) is 31.8 Å². The van der Waals surface area contributed by atoms with Crippen LogP contribution in [0.3, 0.4) is 0 Å². The summed E-state index contributed by atoms with van der Waals surface area (Å²) in [5.41, 5.74) is -0.210. The van der Waals surface area contributed by atoms with Gasteiger partial charge in [-0.15, -0.1) is 4.80 Å². The van der Waals surface area contributed by atoms with Crippen LogP contribution in [-0.2, 0) is 20.8 Å². The van der Waals surface area contributed by atoms with Crippen molar-refractivity contribution in [1.29, 1.82) is 0 Å². The third-order valence-corrected chi connectivity index (χ3v) is 8.84. The Labute approximate surface area is 251 Å². The van der Waals surface area contributed by atoms with Crippen LogP contribution in [0.5, 0.6) is 5.75 Å². The number of amides is 1. The van der Waals surface area contributed by atoms with Crippen molar-refractivity contribution in [3.05, 3.63) is 68.4 Å². The van der Waals surface area contributed by atoms with Crippen LogP contribution in [0.4, 0.5) is 4.39 Å². The number of hydrogen-bond acceptors (Lipinski definition) is 9. The van der Waals surface area contributed by atoms with E-state index in [4.69, 9.17) is 14.2 Å². The van der Waals surface area contributed by atoms with E-state index in [9.17, 15) is 18.8 Å². The van der Waals surface area contributed by atoms with Gasteiger partial charge >= 0.3 is 5.69 Å². The quantitative estimate of drug-likeness (QED) is 0.211. The van der Waals surface area contributed by atoms with Gasteiger partial charge in [0.05, 0.1) is 44.1 Å². The smallest absolute Gasteiger partial charge is 0.332 e. The van der Waals surface area contributed by atoms with Gasteiger partial charge in [-0.2, -0.15) is 10.2 Å². The van der Waals surface area contributed by atoms with Gasteiger partial charge < -0.3 is 19.1 Å². The van der Waals surface area contributed by atoms with Gasteiger partial charge in [0.1, 0.15) is 33.5 Å². The molecule has 5 rings (SSSR count). The molecule has 0 unspecified atom stereocenters. The van der Waals surface area contributed by atoms with Crippen LogP contribution in [0.15, 0.2) is 40.2 Å². The molecule has 0 spiro atoms. The first-order valence-corrected chi connectivity index (χ1v) is 15.0. The van der Waals surface area contributed by atoms with Crippen molar-refractivity contribution in [2.45, 2.75) is 51.8 Å². The van der Waals surface area contributed by atoms with Gasteiger partial charge in [0.2, 0.25) is 5.91 Å². The lowest BCUT2D eigenvalue weighted by Gasteiger charge is -2.24. The van der Waals surface area contributed by atoms with Crippen molar-refractivity contribution in [2.75, 3.05) is 40.5 Å². The minimum Gasteiger partial charge on any atom is -0.493 e. The van der Waals surface area contributed by atoms with E-state index in [0.29, 0.717) is 46.3 Å². The summed E-state index contributed by atoms with van der Waals surface area (Å²) >= 11 is 1.19. The first kappa shape index (κ1) is 30.6. The summed E-state index contributed by atoms with van der Waals surface area (Å²) in [6, 6.07) is 3.26. The lowest BCUT2D eigenvalue weighted by molar-refractivity contribution is -0.129. The van der Waals surface area contributed by atoms with Crippen molar-refractivity contribution >= 4 is 27.5 Å². The molecular weight excluding hydrogens is 579 g/mol. The van der Waals surface area contributed by atoms with Crippen molar-refractivity contribution in [3.8, 4) is 10.8 Å². The summed E-state index contributed by atoms with van der Waals surface area (Å²) < 4.78 is 34.5. The summed E-state index contributed by atoms with van der Waals surface area (Å²) in [6.45, 7) is 4.98. The van der Waals surface area contributed by atoms with Gasteiger partial charge in [-0.25, -0.2) is 13.8 Å². The number of aromatic nitrogens is 5. The molecule has 43 heavy (non-hydrogen) atoms. The molecule has 3 aromatic heterocycles. The lowest BCUT2D eigenvalue weighted by atomic mass is 10.1. The number of thiophene rings is 1. The predicted octanol–water partition coefficient (Wildman–Crippen LogP) is 3.24. The molecule has 0 aliphatic carbocycles. The number of halogens is 1. The fourth-order valence-electron chi connectivity index (χ4n) is 5.25. The molecule has 0 bridgehead atoms. The predicted molar refractivity (Wildman–Crippen MR) is 159 cm³/mol. The highest BCUT2D eigenvalue weighted by molar-refractivity contribution is 7.21. The molecule has 1 saturated heterocycles. The zero-order valence-corrected chi connectivity index (χ0v) is 25.4. The molecule has 1 fully saturated rings. The number of ether oxygens (including phenoxy) is 3. The lowest BCUT2D eigenvalue weighted by Crippen LogP contribution is -2.44. The number of fused-ring (bicyclic) bond motifs is 1. The van der Waals surface area contributed by atoms with Crippen molar-refractivity contribution in [1.82, 2.24) is 29.0 Å². The van der Waals surface area contributed by atoms with E-state index in [-0.39, 0.29) is 31.1 Å². The average Bonchev–Trinajstić information content (AvgIpc) is 3.72. The number of likely N-dealkylation sites (N-methyl/N-ethyl adjacent to an activating group) is 1.